The molecule has 1 aliphatic heterocycles. The summed E-state index contributed by atoms with van der Waals surface area (Å²) in [6.07, 6.45) is 1.10. The number of aromatic nitrogens is 5. The van der Waals surface area contributed by atoms with Crippen LogP contribution in [0.15, 0.2) is 31.1 Å². The number of likely N-dealkylation sites (tertiary alicyclic amines) is 1. The maximum absolute atomic E-state index is 13.0. The topological polar surface area (TPSA) is 129 Å². The van der Waals surface area contributed by atoms with Gasteiger partial charge in [0.15, 0.2) is 5.65 Å². The average Bonchev–Trinajstić information content (AvgIpc) is 3.25. The molecule has 10 nitrogen and oxygen atoms in total. The molecular weight excluding hydrogens is 465 g/mol. The standard InChI is InChI=1S/C22H23F3N8O2/c1-3-18(34)33-6-4-13(5-7-33)30-17-10-27-20-19(32-17)14(9-26-20)21(35)28-11-16-29-12(2)8-15(31-16)22(23,24)25/h3,8-10,13H,1,4-7,11H2,2H3,(H,26,27)(H,28,35)(H,30,32). The van der Waals surface area contributed by atoms with Crippen molar-refractivity contribution in [3.05, 3.63) is 53.9 Å². The molecule has 4 rings (SSSR count). The molecule has 0 radical (unpaired) electrons. The van der Waals surface area contributed by atoms with Crippen molar-refractivity contribution >= 4 is 28.8 Å². The fraction of sp³-hybridized carbons (Fsp3) is 0.364. The number of hydrogen-bond donors (Lipinski definition) is 3. The summed E-state index contributed by atoms with van der Waals surface area (Å²) in [5, 5.41) is 5.82. The summed E-state index contributed by atoms with van der Waals surface area (Å²) in [7, 11) is 0. The van der Waals surface area contributed by atoms with E-state index in [-0.39, 0.29) is 35.6 Å². The van der Waals surface area contributed by atoms with Gasteiger partial charge in [-0.3, -0.25) is 9.59 Å². The number of aromatic amines is 1. The van der Waals surface area contributed by atoms with Gasteiger partial charge in [0.25, 0.3) is 5.91 Å². The maximum Gasteiger partial charge on any atom is 0.433 e. The Kier molecular flexibility index (Phi) is 6.67. The minimum atomic E-state index is -4.61. The summed E-state index contributed by atoms with van der Waals surface area (Å²) in [6, 6.07) is 0.920. The van der Waals surface area contributed by atoms with Crippen molar-refractivity contribution in [2.24, 2.45) is 0 Å². The zero-order chi connectivity index (χ0) is 25.2. The quantitative estimate of drug-likeness (QED) is 0.455. The Morgan fingerprint density at radius 1 is 1.26 bits per heavy atom. The fourth-order valence-corrected chi connectivity index (χ4v) is 3.83. The lowest BCUT2D eigenvalue weighted by Crippen LogP contribution is -2.41. The number of halogens is 3. The number of carbonyl (C=O) groups excluding carboxylic acids is 2. The van der Waals surface area contributed by atoms with Crippen LogP contribution in [-0.2, 0) is 17.5 Å². The van der Waals surface area contributed by atoms with Crippen molar-refractivity contribution in [2.45, 2.75) is 38.5 Å². The first-order valence-corrected chi connectivity index (χ1v) is 10.9. The van der Waals surface area contributed by atoms with E-state index >= 15 is 0 Å². The fourth-order valence-electron chi connectivity index (χ4n) is 3.83. The van der Waals surface area contributed by atoms with Gasteiger partial charge in [0, 0.05) is 31.0 Å². The molecule has 3 aromatic heterocycles. The first-order chi connectivity index (χ1) is 16.6. The summed E-state index contributed by atoms with van der Waals surface area (Å²) in [5.74, 6) is -0.340. The van der Waals surface area contributed by atoms with Crippen molar-refractivity contribution in [3.8, 4) is 0 Å². The molecule has 0 spiro atoms. The molecule has 3 aromatic rings. The van der Waals surface area contributed by atoms with Crippen LogP contribution < -0.4 is 10.6 Å². The third-order valence-corrected chi connectivity index (χ3v) is 5.56. The van der Waals surface area contributed by atoms with E-state index in [9.17, 15) is 22.8 Å². The van der Waals surface area contributed by atoms with E-state index in [0.717, 1.165) is 18.9 Å². The van der Waals surface area contributed by atoms with Gasteiger partial charge in [-0.15, -0.1) is 0 Å². The highest BCUT2D eigenvalue weighted by atomic mass is 19.4. The van der Waals surface area contributed by atoms with E-state index in [0.29, 0.717) is 30.1 Å². The number of fused-ring (bicyclic) bond motifs is 1. The van der Waals surface area contributed by atoms with Crippen molar-refractivity contribution in [1.29, 1.82) is 0 Å². The second-order valence-corrected chi connectivity index (χ2v) is 8.09. The highest BCUT2D eigenvalue weighted by Crippen LogP contribution is 2.27. The summed E-state index contributed by atoms with van der Waals surface area (Å²) in [5.41, 5.74) is -0.0371. The van der Waals surface area contributed by atoms with E-state index in [2.05, 4.69) is 42.1 Å². The normalized spacial score (nSPS) is 14.7. The number of amides is 2. The van der Waals surface area contributed by atoms with Crippen molar-refractivity contribution in [3.63, 3.8) is 0 Å². The lowest BCUT2D eigenvalue weighted by molar-refractivity contribution is -0.141. The number of aryl methyl sites for hydroxylation is 1. The van der Waals surface area contributed by atoms with Crippen molar-refractivity contribution in [2.75, 3.05) is 18.4 Å². The average molecular weight is 488 g/mol. The largest absolute Gasteiger partial charge is 0.433 e. The second-order valence-electron chi connectivity index (χ2n) is 8.09. The van der Waals surface area contributed by atoms with E-state index in [1.807, 2.05) is 0 Å². The predicted octanol–water partition coefficient (Wildman–Crippen LogP) is 2.59. The second kappa shape index (κ2) is 9.68. The van der Waals surface area contributed by atoms with Gasteiger partial charge in [-0.05, 0) is 31.9 Å². The van der Waals surface area contributed by atoms with E-state index in [1.165, 1.54) is 19.2 Å². The van der Waals surface area contributed by atoms with Crippen molar-refractivity contribution in [1.82, 2.24) is 35.1 Å². The minimum absolute atomic E-state index is 0.0770. The van der Waals surface area contributed by atoms with Gasteiger partial charge >= 0.3 is 6.18 Å². The number of hydrogen-bond acceptors (Lipinski definition) is 7. The van der Waals surface area contributed by atoms with Crippen LogP contribution in [0, 0.1) is 6.92 Å². The summed E-state index contributed by atoms with van der Waals surface area (Å²) < 4.78 is 39.0. The Labute approximate surface area is 198 Å². The van der Waals surface area contributed by atoms with Gasteiger partial charge in [0.2, 0.25) is 5.91 Å². The van der Waals surface area contributed by atoms with Crippen LogP contribution in [0.3, 0.4) is 0 Å². The summed E-state index contributed by atoms with van der Waals surface area (Å²) in [4.78, 5) is 45.3. The van der Waals surface area contributed by atoms with Crippen LogP contribution in [-0.4, -0.2) is 60.8 Å². The molecule has 3 N–H and O–H groups in total. The molecule has 0 saturated carbocycles. The zero-order valence-corrected chi connectivity index (χ0v) is 18.8. The molecule has 0 aromatic carbocycles. The Morgan fingerprint density at radius 2 is 2.00 bits per heavy atom. The first-order valence-electron chi connectivity index (χ1n) is 10.9. The number of anilines is 1. The van der Waals surface area contributed by atoms with Gasteiger partial charge in [0.1, 0.15) is 22.9 Å². The number of alkyl halides is 3. The van der Waals surface area contributed by atoms with Gasteiger partial charge in [0.05, 0.1) is 18.3 Å². The number of carbonyl (C=O) groups is 2. The Morgan fingerprint density at radius 3 is 2.69 bits per heavy atom. The number of H-pyrrole nitrogens is 1. The van der Waals surface area contributed by atoms with E-state index < -0.39 is 17.8 Å². The molecule has 2 amide bonds. The molecule has 1 saturated heterocycles. The number of nitrogens with one attached hydrogen (secondary N) is 3. The van der Waals surface area contributed by atoms with Crippen LogP contribution in [0.2, 0.25) is 0 Å². The molecule has 1 aliphatic rings. The Bertz CT molecular complexity index is 1270. The molecule has 4 heterocycles. The third-order valence-electron chi connectivity index (χ3n) is 5.56. The lowest BCUT2D eigenvalue weighted by atomic mass is 10.1. The highest BCUT2D eigenvalue weighted by Gasteiger charge is 2.33. The monoisotopic (exact) mass is 488 g/mol. The molecule has 0 atom stereocenters. The highest BCUT2D eigenvalue weighted by molar-refractivity contribution is 6.04. The number of rotatable bonds is 6. The van der Waals surface area contributed by atoms with Gasteiger partial charge in [-0.1, -0.05) is 6.58 Å². The number of nitrogens with zero attached hydrogens (tertiary/aromatic N) is 5. The Balaban J connectivity index is 1.43. The van der Waals surface area contributed by atoms with Crippen LogP contribution in [0.25, 0.3) is 11.2 Å². The maximum atomic E-state index is 13.0. The molecule has 184 valence electrons. The molecule has 0 aliphatic carbocycles. The van der Waals surface area contributed by atoms with Crippen LogP contribution in [0.4, 0.5) is 19.0 Å². The van der Waals surface area contributed by atoms with Gasteiger partial charge < -0.3 is 20.5 Å². The van der Waals surface area contributed by atoms with Gasteiger partial charge in [-0.2, -0.15) is 13.2 Å². The molecule has 0 unspecified atom stereocenters. The molecule has 35 heavy (non-hydrogen) atoms. The molecule has 1 fully saturated rings. The molecule has 13 heteroatoms. The van der Waals surface area contributed by atoms with Gasteiger partial charge in [-0.25, -0.2) is 19.9 Å². The van der Waals surface area contributed by atoms with Crippen LogP contribution in [0.5, 0.6) is 0 Å². The Hall–Kier alpha value is -4.03. The minimum Gasteiger partial charge on any atom is -0.366 e. The van der Waals surface area contributed by atoms with Crippen LogP contribution >= 0.6 is 0 Å². The molecule has 0 bridgehead atoms. The van der Waals surface area contributed by atoms with Crippen molar-refractivity contribution < 1.29 is 22.8 Å². The summed E-state index contributed by atoms with van der Waals surface area (Å²) >= 11 is 0. The number of piperidine rings is 1. The first kappa shape index (κ1) is 24.1. The zero-order valence-electron chi connectivity index (χ0n) is 18.8. The van der Waals surface area contributed by atoms with Crippen LogP contribution in [0.1, 0.15) is 40.4 Å². The summed E-state index contributed by atoms with van der Waals surface area (Å²) in [6.45, 7) is 5.82. The van der Waals surface area contributed by atoms with E-state index in [4.69, 9.17) is 0 Å². The smallest absolute Gasteiger partial charge is 0.366 e. The van der Waals surface area contributed by atoms with E-state index in [1.54, 1.807) is 11.1 Å². The third kappa shape index (κ3) is 5.55. The lowest BCUT2D eigenvalue weighted by Gasteiger charge is -2.31. The predicted molar refractivity (Wildman–Crippen MR) is 120 cm³/mol. The SMILES string of the molecule is C=CC(=O)N1CCC(Nc2cnc3[nH]cc(C(=O)NCc4nc(C)cc(C(F)(F)F)n4)c3n2)CC1. The molecular formula is C22H23F3N8O2.